The van der Waals surface area contributed by atoms with Crippen LogP contribution in [0.5, 0.6) is 0 Å². The van der Waals surface area contributed by atoms with Gasteiger partial charge in [-0.3, -0.25) is 10.1 Å². The number of sulfonamides is 1. The van der Waals surface area contributed by atoms with Crippen LogP contribution in [-0.2, 0) is 10.0 Å². The second-order valence-electron chi connectivity index (χ2n) is 4.40. The van der Waals surface area contributed by atoms with Crippen molar-refractivity contribution in [2.45, 2.75) is 31.3 Å². The molecule has 1 unspecified atom stereocenters. The van der Waals surface area contributed by atoms with Crippen LogP contribution in [0.25, 0.3) is 0 Å². The van der Waals surface area contributed by atoms with E-state index < -0.39 is 38.9 Å². The van der Waals surface area contributed by atoms with E-state index >= 15 is 0 Å². The quantitative estimate of drug-likeness (QED) is 0.602. The molecule has 0 aromatic heterocycles. The average molecular weight is 324 g/mol. The van der Waals surface area contributed by atoms with Gasteiger partial charge in [-0.05, 0) is 25.5 Å². The summed E-state index contributed by atoms with van der Waals surface area (Å²) in [7, 11) is -4.23. The van der Waals surface area contributed by atoms with Crippen LogP contribution in [0.2, 0.25) is 0 Å². The first-order chi connectivity index (χ1) is 9.56. The maximum absolute atomic E-state index is 12.1. The van der Waals surface area contributed by atoms with Crippen LogP contribution in [0, 0.1) is 24.0 Å². The summed E-state index contributed by atoms with van der Waals surface area (Å²) < 4.78 is 49.8. The minimum Gasteiger partial charge on any atom is -0.386 e. The number of aliphatic hydroxyl groups is 1. The SMILES string of the molecule is Cc1cc(S(=O)(=O)NCC(O)C(F)F)cc([N+](=O)[O-])c1C. The molecule has 118 valence electrons. The predicted octanol–water partition coefficient (Wildman–Crippen LogP) is 1.12. The first-order valence-corrected chi connectivity index (χ1v) is 7.26. The second kappa shape index (κ2) is 6.41. The summed E-state index contributed by atoms with van der Waals surface area (Å²) in [5, 5.41) is 19.8. The largest absolute Gasteiger partial charge is 0.386 e. The van der Waals surface area contributed by atoms with Gasteiger partial charge in [0.25, 0.3) is 12.1 Å². The molecule has 1 aromatic carbocycles. The van der Waals surface area contributed by atoms with Gasteiger partial charge in [-0.1, -0.05) is 0 Å². The number of nitro benzene ring substituents is 1. The lowest BCUT2D eigenvalue weighted by molar-refractivity contribution is -0.385. The van der Waals surface area contributed by atoms with Crippen LogP contribution >= 0.6 is 0 Å². The van der Waals surface area contributed by atoms with E-state index in [-0.39, 0.29) is 5.69 Å². The zero-order chi connectivity index (χ0) is 16.4. The molecule has 0 fully saturated rings. The van der Waals surface area contributed by atoms with Crippen molar-refractivity contribution in [2.75, 3.05) is 6.54 Å². The van der Waals surface area contributed by atoms with Crippen LogP contribution in [0.15, 0.2) is 17.0 Å². The number of rotatable bonds is 6. The Kier molecular flexibility index (Phi) is 5.31. The topological polar surface area (TPSA) is 110 Å². The molecule has 21 heavy (non-hydrogen) atoms. The van der Waals surface area contributed by atoms with E-state index in [4.69, 9.17) is 5.11 Å². The molecule has 0 saturated heterocycles. The van der Waals surface area contributed by atoms with Crippen molar-refractivity contribution in [2.24, 2.45) is 0 Å². The average Bonchev–Trinajstić information content (AvgIpc) is 2.38. The van der Waals surface area contributed by atoms with E-state index in [0.29, 0.717) is 11.1 Å². The molecule has 0 aliphatic rings. The molecule has 0 spiro atoms. The summed E-state index contributed by atoms with van der Waals surface area (Å²) in [5.74, 6) is 0. The van der Waals surface area contributed by atoms with Gasteiger partial charge in [-0.25, -0.2) is 21.9 Å². The molecule has 0 saturated carbocycles. The minimum atomic E-state index is -4.23. The molecule has 0 aliphatic heterocycles. The molecule has 7 nitrogen and oxygen atoms in total. The Labute approximate surface area is 119 Å². The number of hydrogen-bond donors (Lipinski definition) is 2. The molecule has 0 amide bonds. The lowest BCUT2D eigenvalue weighted by atomic mass is 10.1. The van der Waals surface area contributed by atoms with Crippen LogP contribution in [-0.4, -0.2) is 37.5 Å². The van der Waals surface area contributed by atoms with E-state index in [1.165, 1.54) is 19.9 Å². The van der Waals surface area contributed by atoms with Gasteiger partial charge < -0.3 is 5.11 Å². The molecule has 0 radical (unpaired) electrons. The van der Waals surface area contributed by atoms with Gasteiger partial charge >= 0.3 is 0 Å². The molecule has 0 aliphatic carbocycles. The molecular weight excluding hydrogens is 310 g/mol. The zero-order valence-corrected chi connectivity index (χ0v) is 12.0. The maximum Gasteiger partial charge on any atom is 0.273 e. The number of hydrogen-bond acceptors (Lipinski definition) is 5. The summed E-state index contributed by atoms with van der Waals surface area (Å²) in [6, 6.07) is 2.04. The Bertz CT molecular complexity index is 648. The first-order valence-electron chi connectivity index (χ1n) is 5.77. The molecule has 1 atom stereocenters. The van der Waals surface area contributed by atoms with Gasteiger partial charge in [0.1, 0.15) is 6.10 Å². The molecule has 10 heteroatoms. The summed E-state index contributed by atoms with van der Waals surface area (Å²) in [6.07, 6.45) is -5.25. The zero-order valence-electron chi connectivity index (χ0n) is 11.2. The number of aryl methyl sites for hydroxylation is 1. The molecule has 2 N–H and O–H groups in total. The van der Waals surface area contributed by atoms with Crippen LogP contribution < -0.4 is 4.72 Å². The van der Waals surface area contributed by atoms with E-state index in [1.54, 1.807) is 4.72 Å². The lowest BCUT2D eigenvalue weighted by Gasteiger charge is -2.12. The highest BCUT2D eigenvalue weighted by molar-refractivity contribution is 7.89. The van der Waals surface area contributed by atoms with Crippen molar-refractivity contribution >= 4 is 15.7 Å². The van der Waals surface area contributed by atoms with E-state index in [9.17, 15) is 27.3 Å². The molecular formula is C11H14F2N2O5S. The third-order valence-corrected chi connectivity index (χ3v) is 4.30. The highest BCUT2D eigenvalue weighted by atomic mass is 32.2. The number of benzene rings is 1. The van der Waals surface area contributed by atoms with Crippen LogP contribution in [0.4, 0.5) is 14.5 Å². The number of aliphatic hydroxyl groups excluding tert-OH is 1. The monoisotopic (exact) mass is 324 g/mol. The third-order valence-electron chi connectivity index (χ3n) is 2.89. The number of nitrogens with zero attached hydrogens (tertiary/aromatic N) is 1. The molecule has 0 heterocycles. The van der Waals surface area contributed by atoms with Gasteiger partial charge in [-0.15, -0.1) is 0 Å². The fraction of sp³-hybridized carbons (Fsp3) is 0.455. The summed E-state index contributed by atoms with van der Waals surface area (Å²) in [5.41, 5.74) is 0.301. The van der Waals surface area contributed by atoms with Crippen molar-refractivity contribution in [3.63, 3.8) is 0 Å². The highest BCUT2D eigenvalue weighted by Crippen LogP contribution is 2.25. The first kappa shape index (κ1) is 17.4. The van der Waals surface area contributed by atoms with Crippen molar-refractivity contribution in [3.05, 3.63) is 33.4 Å². The predicted molar refractivity (Wildman–Crippen MR) is 69.8 cm³/mol. The van der Waals surface area contributed by atoms with Crippen molar-refractivity contribution < 1.29 is 27.2 Å². The fourth-order valence-electron chi connectivity index (χ4n) is 1.52. The normalized spacial score (nSPS) is 13.4. The summed E-state index contributed by atoms with van der Waals surface area (Å²) in [4.78, 5) is 9.72. The highest BCUT2D eigenvalue weighted by Gasteiger charge is 2.24. The molecule has 1 rings (SSSR count). The van der Waals surface area contributed by atoms with Gasteiger partial charge in [0.2, 0.25) is 10.0 Å². The van der Waals surface area contributed by atoms with E-state index in [1.807, 2.05) is 0 Å². The third kappa shape index (κ3) is 4.16. The van der Waals surface area contributed by atoms with E-state index in [0.717, 1.165) is 6.07 Å². The van der Waals surface area contributed by atoms with Gasteiger partial charge in [0.05, 0.1) is 9.82 Å². The lowest BCUT2D eigenvalue weighted by Crippen LogP contribution is -2.35. The summed E-state index contributed by atoms with van der Waals surface area (Å²) in [6.45, 7) is 2.08. The van der Waals surface area contributed by atoms with Gasteiger partial charge in [0.15, 0.2) is 0 Å². The van der Waals surface area contributed by atoms with Crippen LogP contribution in [0.3, 0.4) is 0 Å². The number of halogens is 2. The maximum atomic E-state index is 12.1. The Morgan fingerprint density at radius 1 is 1.38 bits per heavy atom. The standard InChI is InChI=1S/C11H14F2N2O5S/c1-6-3-8(4-9(7(6)2)15(17)18)21(19,20)14-5-10(16)11(12)13/h3-4,10-11,14,16H,5H2,1-2H3. The second-order valence-corrected chi connectivity index (χ2v) is 6.16. The van der Waals surface area contributed by atoms with Gasteiger partial charge in [0, 0.05) is 18.2 Å². The molecule has 1 aromatic rings. The Morgan fingerprint density at radius 2 is 1.95 bits per heavy atom. The number of nitrogens with one attached hydrogen (secondary N) is 1. The number of nitro groups is 1. The summed E-state index contributed by atoms with van der Waals surface area (Å²) >= 11 is 0. The molecule has 0 bridgehead atoms. The Hall–Kier alpha value is -1.65. The Morgan fingerprint density at radius 3 is 2.43 bits per heavy atom. The van der Waals surface area contributed by atoms with Crippen molar-refractivity contribution in [1.29, 1.82) is 0 Å². The van der Waals surface area contributed by atoms with Crippen molar-refractivity contribution in [3.8, 4) is 0 Å². The van der Waals surface area contributed by atoms with E-state index in [2.05, 4.69) is 0 Å². The number of alkyl halides is 2. The van der Waals surface area contributed by atoms with Crippen molar-refractivity contribution in [1.82, 2.24) is 4.72 Å². The minimum absolute atomic E-state index is 0.312. The smallest absolute Gasteiger partial charge is 0.273 e. The Balaban J connectivity index is 3.12. The van der Waals surface area contributed by atoms with Crippen LogP contribution in [0.1, 0.15) is 11.1 Å². The van der Waals surface area contributed by atoms with Gasteiger partial charge in [-0.2, -0.15) is 0 Å². The fourth-order valence-corrected chi connectivity index (χ4v) is 2.68.